The quantitative estimate of drug-likeness (QED) is 0.445. The molecular weight excluding hydrogens is 469 g/mol. The SMILES string of the molecule is COc1ccc2nccc([C@@H](F)CC[C@@H]3CCN(CC#Cc4cc(F)cc(F)c4)C[C@@H]3C(=O)O)c2c1. The van der Waals surface area contributed by atoms with E-state index in [4.69, 9.17) is 4.74 Å². The number of halogens is 3. The standard InChI is InChI=1S/C28H27F3N2O3/c1-36-22-5-7-27-24(16-22)23(8-10-32-27)26(31)6-4-19-9-12-33(17-25(19)28(34)35)11-2-3-18-13-20(29)15-21(30)14-18/h5,7-8,10,13-16,19,25-26H,4,6,9,11-12,17H2,1H3,(H,34,35)/t19-,25+,26+/m1/s1. The Morgan fingerprint density at radius 3 is 2.72 bits per heavy atom. The van der Waals surface area contributed by atoms with Crippen LogP contribution in [0, 0.1) is 35.3 Å². The van der Waals surface area contributed by atoms with Gasteiger partial charge in [0.1, 0.15) is 23.6 Å². The molecule has 188 valence electrons. The highest BCUT2D eigenvalue weighted by Crippen LogP contribution is 2.35. The molecule has 1 aliphatic rings. The van der Waals surface area contributed by atoms with Crippen LogP contribution in [0.5, 0.6) is 5.75 Å². The Morgan fingerprint density at radius 2 is 2.00 bits per heavy atom. The van der Waals surface area contributed by atoms with Crippen LogP contribution < -0.4 is 4.74 Å². The minimum atomic E-state index is -1.26. The number of rotatable bonds is 7. The molecule has 4 rings (SSSR count). The molecule has 2 aromatic carbocycles. The minimum absolute atomic E-state index is 0.162. The van der Waals surface area contributed by atoms with E-state index < -0.39 is 29.7 Å². The number of aromatic nitrogens is 1. The van der Waals surface area contributed by atoms with Crippen molar-refractivity contribution in [1.29, 1.82) is 0 Å². The van der Waals surface area contributed by atoms with E-state index in [1.165, 1.54) is 0 Å². The molecule has 8 heteroatoms. The zero-order chi connectivity index (χ0) is 25.7. The number of hydrogen-bond donors (Lipinski definition) is 1. The highest BCUT2D eigenvalue weighted by Gasteiger charge is 2.34. The summed E-state index contributed by atoms with van der Waals surface area (Å²) in [5.41, 5.74) is 1.43. The first-order valence-corrected chi connectivity index (χ1v) is 11.8. The zero-order valence-electron chi connectivity index (χ0n) is 19.9. The van der Waals surface area contributed by atoms with Crippen molar-refractivity contribution in [3.8, 4) is 17.6 Å². The number of carboxylic acid groups (broad SMARTS) is 1. The number of pyridine rings is 1. The van der Waals surface area contributed by atoms with Crippen molar-refractivity contribution in [3.05, 3.63) is 71.4 Å². The maximum atomic E-state index is 15.3. The molecule has 1 fully saturated rings. The van der Waals surface area contributed by atoms with E-state index in [2.05, 4.69) is 16.8 Å². The number of alkyl halides is 1. The van der Waals surface area contributed by atoms with Gasteiger partial charge in [-0.3, -0.25) is 14.7 Å². The van der Waals surface area contributed by atoms with Crippen molar-refractivity contribution in [2.45, 2.75) is 25.4 Å². The monoisotopic (exact) mass is 496 g/mol. The summed E-state index contributed by atoms with van der Waals surface area (Å²) in [7, 11) is 1.55. The molecule has 0 saturated carbocycles. The molecule has 1 aromatic heterocycles. The van der Waals surface area contributed by atoms with Crippen LogP contribution in [0.2, 0.25) is 0 Å². The Kier molecular flexibility index (Phi) is 8.11. The third-order valence-corrected chi connectivity index (χ3v) is 6.67. The molecule has 1 aliphatic heterocycles. The normalized spacial score (nSPS) is 18.9. The summed E-state index contributed by atoms with van der Waals surface area (Å²) >= 11 is 0. The molecule has 0 aliphatic carbocycles. The fourth-order valence-corrected chi connectivity index (χ4v) is 4.78. The summed E-state index contributed by atoms with van der Waals surface area (Å²) in [6.07, 6.45) is 1.57. The Morgan fingerprint density at radius 1 is 1.22 bits per heavy atom. The number of methoxy groups -OCH3 is 1. The summed E-state index contributed by atoms with van der Waals surface area (Å²) in [4.78, 5) is 18.2. The number of likely N-dealkylation sites (tertiary alicyclic amines) is 1. The van der Waals surface area contributed by atoms with Gasteiger partial charge in [0.15, 0.2) is 0 Å². The molecule has 5 nitrogen and oxygen atoms in total. The number of benzene rings is 2. The van der Waals surface area contributed by atoms with Crippen molar-refractivity contribution in [1.82, 2.24) is 9.88 Å². The molecule has 1 saturated heterocycles. The fourth-order valence-electron chi connectivity index (χ4n) is 4.78. The van der Waals surface area contributed by atoms with Gasteiger partial charge in [0.25, 0.3) is 0 Å². The lowest BCUT2D eigenvalue weighted by Crippen LogP contribution is -2.44. The molecule has 2 heterocycles. The molecular formula is C28H27F3N2O3. The van der Waals surface area contributed by atoms with Crippen LogP contribution in [0.25, 0.3) is 10.9 Å². The van der Waals surface area contributed by atoms with Crippen LogP contribution in [0.3, 0.4) is 0 Å². The van der Waals surface area contributed by atoms with E-state index >= 15 is 4.39 Å². The minimum Gasteiger partial charge on any atom is -0.497 e. The molecule has 1 N–H and O–H groups in total. The van der Waals surface area contributed by atoms with Crippen molar-refractivity contribution >= 4 is 16.9 Å². The molecule has 3 aromatic rings. The predicted molar refractivity (Wildman–Crippen MR) is 130 cm³/mol. The number of nitrogens with zero attached hydrogens (tertiary/aromatic N) is 2. The van der Waals surface area contributed by atoms with Crippen molar-refractivity contribution in [2.75, 3.05) is 26.7 Å². The van der Waals surface area contributed by atoms with Crippen LogP contribution >= 0.6 is 0 Å². The van der Waals surface area contributed by atoms with Gasteiger partial charge >= 0.3 is 5.97 Å². The molecule has 0 unspecified atom stereocenters. The van der Waals surface area contributed by atoms with E-state index in [-0.39, 0.29) is 24.4 Å². The zero-order valence-corrected chi connectivity index (χ0v) is 19.9. The predicted octanol–water partition coefficient (Wildman–Crippen LogP) is 5.39. The van der Waals surface area contributed by atoms with E-state index in [1.807, 2.05) is 4.90 Å². The van der Waals surface area contributed by atoms with Gasteiger partial charge in [-0.1, -0.05) is 11.8 Å². The summed E-state index contributed by atoms with van der Waals surface area (Å²) in [5.74, 6) is 3.10. The van der Waals surface area contributed by atoms with Crippen LogP contribution in [0.1, 0.15) is 36.6 Å². The van der Waals surface area contributed by atoms with Gasteiger partial charge in [-0.25, -0.2) is 13.2 Å². The molecule has 0 spiro atoms. The Balaban J connectivity index is 1.38. The highest BCUT2D eigenvalue weighted by molar-refractivity contribution is 5.83. The van der Waals surface area contributed by atoms with Gasteiger partial charge in [0.05, 0.1) is 25.1 Å². The average Bonchev–Trinajstić information content (AvgIpc) is 2.86. The first-order chi connectivity index (χ1) is 17.3. The lowest BCUT2D eigenvalue weighted by molar-refractivity contribution is -0.146. The summed E-state index contributed by atoms with van der Waals surface area (Å²) in [6, 6.07) is 10.1. The second-order valence-electron chi connectivity index (χ2n) is 9.02. The molecule has 0 amide bonds. The number of ether oxygens (including phenoxy) is 1. The number of hydrogen-bond acceptors (Lipinski definition) is 4. The van der Waals surface area contributed by atoms with Crippen LogP contribution in [-0.2, 0) is 4.79 Å². The Labute approximate surface area is 207 Å². The highest BCUT2D eigenvalue weighted by atomic mass is 19.1. The fraction of sp³-hybridized carbons (Fsp3) is 0.357. The summed E-state index contributed by atoms with van der Waals surface area (Å²) < 4.78 is 47.3. The summed E-state index contributed by atoms with van der Waals surface area (Å²) in [5, 5.41) is 10.5. The Bertz CT molecular complexity index is 1280. The lowest BCUT2D eigenvalue weighted by Gasteiger charge is -2.35. The van der Waals surface area contributed by atoms with E-state index in [0.29, 0.717) is 48.1 Å². The first-order valence-electron chi connectivity index (χ1n) is 11.8. The number of fused-ring (bicyclic) bond motifs is 1. The van der Waals surface area contributed by atoms with Gasteiger partial charge in [-0.15, -0.1) is 0 Å². The second kappa shape index (κ2) is 11.4. The maximum absolute atomic E-state index is 15.3. The number of piperidine rings is 1. The van der Waals surface area contributed by atoms with Crippen molar-refractivity contribution in [3.63, 3.8) is 0 Å². The third kappa shape index (κ3) is 6.16. The van der Waals surface area contributed by atoms with E-state index in [1.54, 1.807) is 37.6 Å². The molecule has 0 radical (unpaired) electrons. The van der Waals surface area contributed by atoms with E-state index in [9.17, 15) is 18.7 Å². The lowest BCUT2D eigenvalue weighted by atomic mass is 9.81. The molecule has 36 heavy (non-hydrogen) atoms. The average molecular weight is 497 g/mol. The van der Waals surface area contributed by atoms with Crippen molar-refractivity contribution in [2.24, 2.45) is 11.8 Å². The van der Waals surface area contributed by atoms with Gasteiger partial charge < -0.3 is 9.84 Å². The maximum Gasteiger partial charge on any atom is 0.308 e. The first kappa shape index (κ1) is 25.5. The van der Waals surface area contributed by atoms with Gasteiger partial charge in [-0.2, -0.15) is 0 Å². The van der Waals surface area contributed by atoms with Gasteiger partial charge in [-0.05, 0) is 73.7 Å². The number of carboxylic acids is 1. The number of aliphatic carboxylic acids is 1. The van der Waals surface area contributed by atoms with Crippen LogP contribution in [0.15, 0.2) is 48.7 Å². The van der Waals surface area contributed by atoms with Crippen molar-refractivity contribution < 1.29 is 27.8 Å². The largest absolute Gasteiger partial charge is 0.497 e. The van der Waals surface area contributed by atoms with Gasteiger partial charge in [0.2, 0.25) is 0 Å². The van der Waals surface area contributed by atoms with Gasteiger partial charge in [0, 0.05) is 29.8 Å². The second-order valence-corrected chi connectivity index (χ2v) is 9.02. The summed E-state index contributed by atoms with van der Waals surface area (Å²) in [6.45, 7) is 1.19. The smallest absolute Gasteiger partial charge is 0.308 e. The third-order valence-electron chi connectivity index (χ3n) is 6.67. The molecule has 3 atom stereocenters. The number of carbonyl (C=O) groups is 1. The van der Waals surface area contributed by atoms with Crippen LogP contribution in [-0.4, -0.2) is 47.7 Å². The van der Waals surface area contributed by atoms with E-state index in [0.717, 1.165) is 18.2 Å². The molecule has 0 bridgehead atoms. The van der Waals surface area contributed by atoms with Crippen LogP contribution in [0.4, 0.5) is 13.2 Å². The topological polar surface area (TPSA) is 62.7 Å². The Hall–Kier alpha value is -3.57.